The molecule has 0 aliphatic carbocycles. The molecule has 132 valence electrons. The van der Waals surface area contributed by atoms with Crippen LogP contribution in [0.1, 0.15) is 0 Å². The largest absolute Gasteiger partial charge is 0.495 e. The topological polar surface area (TPSA) is 73.2 Å². The van der Waals surface area contributed by atoms with E-state index in [0.717, 1.165) is 16.2 Å². The highest BCUT2D eigenvalue weighted by Gasteiger charge is 2.17. The Kier molecular flexibility index (Phi) is 3.97. The van der Waals surface area contributed by atoms with Gasteiger partial charge in [0.05, 0.1) is 23.2 Å². The van der Waals surface area contributed by atoms with Crippen LogP contribution in [0.15, 0.2) is 65.7 Å². The first-order chi connectivity index (χ1) is 12.5. The number of sulfonamides is 1. The second-order valence-corrected chi connectivity index (χ2v) is 7.68. The molecule has 4 aromatic rings. The van der Waals surface area contributed by atoms with Crippen LogP contribution in [0.3, 0.4) is 0 Å². The molecule has 0 bridgehead atoms. The zero-order valence-corrected chi connectivity index (χ0v) is 15.3. The van der Waals surface area contributed by atoms with E-state index in [0.29, 0.717) is 16.3 Å². The Hall–Kier alpha value is -2.77. The number of fused-ring (bicyclic) bond motifs is 3. The molecule has 0 saturated heterocycles. The van der Waals surface area contributed by atoms with E-state index in [1.54, 1.807) is 37.6 Å². The van der Waals surface area contributed by atoms with Crippen molar-refractivity contribution in [1.82, 2.24) is 9.89 Å². The summed E-state index contributed by atoms with van der Waals surface area (Å²) < 4.78 is 30.5. The lowest BCUT2D eigenvalue weighted by Crippen LogP contribution is -2.24. The summed E-state index contributed by atoms with van der Waals surface area (Å²) >= 11 is 6.40. The van der Waals surface area contributed by atoms with Crippen molar-refractivity contribution in [2.45, 2.75) is 4.90 Å². The number of benzene rings is 3. The van der Waals surface area contributed by atoms with Crippen LogP contribution in [-0.2, 0) is 10.0 Å². The van der Waals surface area contributed by atoms with E-state index in [9.17, 15) is 8.42 Å². The lowest BCUT2D eigenvalue weighted by molar-refractivity contribution is 0.415. The van der Waals surface area contributed by atoms with Gasteiger partial charge in [0, 0.05) is 16.2 Å². The Balaban J connectivity index is 1.90. The van der Waals surface area contributed by atoms with Gasteiger partial charge in [0.15, 0.2) is 0 Å². The van der Waals surface area contributed by atoms with Crippen molar-refractivity contribution >= 4 is 43.3 Å². The summed E-state index contributed by atoms with van der Waals surface area (Å²) in [6.07, 6.45) is 1.60. The maximum absolute atomic E-state index is 12.6. The molecular weight excluding hydrogens is 374 g/mol. The van der Waals surface area contributed by atoms with E-state index in [2.05, 4.69) is 9.93 Å². The summed E-state index contributed by atoms with van der Waals surface area (Å²) in [5.41, 5.74) is 0.617. The first-order valence-corrected chi connectivity index (χ1v) is 9.58. The minimum atomic E-state index is -3.77. The van der Waals surface area contributed by atoms with E-state index >= 15 is 0 Å². The summed E-state index contributed by atoms with van der Waals surface area (Å²) in [5.74, 6) is 0.550. The van der Waals surface area contributed by atoms with E-state index in [-0.39, 0.29) is 4.90 Å². The molecule has 1 N–H and O–H groups in total. The second kappa shape index (κ2) is 6.19. The van der Waals surface area contributed by atoms with Crippen molar-refractivity contribution in [3.8, 4) is 5.75 Å². The van der Waals surface area contributed by atoms with Gasteiger partial charge in [0.2, 0.25) is 0 Å². The van der Waals surface area contributed by atoms with Gasteiger partial charge in [0.1, 0.15) is 11.3 Å². The molecule has 0 aliphatic rings. The first-order valence-electron chi connectivity index (χ1n) is 7.72. The summed E-state index contributed by atoms with van der Waals surface area (Å²) in [4.78, 5) is 3.91. The summed E-state index contributed by atoms with van der Waals surface area (Å²) in [6, 6.07) is 15.4. The molecule has 6 nitrogen and oxygen atoms in total. The van der Waals surface area contributed by atoms with Gasteiger partial charge in [-0.2, -0.15) is 23.1 Å². The number of aromatic nitrogens is 2. The molecule has 1 heterocycles. The molecule has 0 atom stereocenters. The van der Waals surface area contributed by atoms with Crippen molar-refractivity contribution in [1.29, 1.82) is 0 Å². The van der Waals surface area contributed by atoms with Crippen LogP contribution in [0, 0.1) is 0 Å². The molecule has 0 amide bonds. The van der Waals surface area contributed by atoms with Crippen LogP contribution < -0.4 is 9.57 Å². The molecule has 0 spiro atoms. The number of ether oxygens (including phenoxy) is 1. The lowest BCUT2D eigenvalue weighted by atomic mass is 10.1. The molecule has 3 aromatic carbocycles. The monoisotopic (exact) mass is 387 g/mol. The van der Waals surface area contributed by atoms with Gasteiger partial charge in [0.25, 0.3) is 10.0 Å². The van der Waals surface area contributed by atoms with E-state index < -0.39 is 10.0 Å². The average Bonchev–Trinajstić information content (AvgIpc) is 3.05. The van der Waals surface area contributed by atoms with Gasteiger partial charge < -0.3 is 4.74 Å². The highest BCUT2D eigenvalue weighted by molar-refractivity contribution is 7.92. The Labute approximate surface area is 155 Å². The van der Waals surface area contributed by atoms with Crippen LogP contribution in [-0.4, -0.2) is 25.4 Å². The van der Waals surface area contributed by atoms with Crippen molar-refractivity contribution < 1.29 is 13.2 Å². The average molecular weight is 388 g/mol. The third kappa shape index (κ3) is 2.65. The minimum Gasteiger partial charge on any atom is -0.495 e. The molecule has 0 saturated carbocycles. The molecule has 1 aromatic heterocycles. The van der Waals surface area contributed by atoms with E-state index in [1.807, 2.05) is 18.2 Å². The Morgan fingerprint density at radius 3 is 2.50 bits per heavy atom. The number of rotatable bonds is 4. The molecule has 26 heavy (non-hydrogen) atoms. The van der Waals surface area contributed by atoms with Crippen LogP contribution in [0.25, 0.3) is 21.7 Å². The SMILES string of the molecule is COc1ccc2c(ccc3cnn(NS(=O)(=O)c4ccccc4)c32)c1Cl. The highest BCUT2D eigenvalue weighted by Crippen LogP contribution is 2.36. The Morgan fingerprint density at radius 1 is 1.04 bits per heavy atom. The van der Waals surface area contributed by atoms with Crippen molar-refractivity contribution in [3.63, 3.8) is 0 Å². The lowest BCUT2D eigenvalue weighted by Gasteiger charge is -2.11. The predicted molar refractivity (Wildman–Crippen MR) is 102 cm³/mol. The van der Waals surface area contributed by atoms with Crippen molar-refractivity contribution in [2.75, 3.05) is 11.9 Å². The molecule has 8 heteroatoms. The summed E-state index contributed by atoms with van der Waals surface area (Å²) in [7, 11) is -2.23. The first kappa shape index (κ1) is 16.7. The number of nitrogens with zero attached hydrogens (tertiary/aromatic N) is 2. The standard InChI is InChI=1S/C18H14ClN3O3S/c1-25-16-10-9-15-14(17(16)19)8-7-12-11-20-22(18(12)15)21-26(23,24)13-5-3-2-4-6-13/h2-11,21H,1H3. The highest BCUT2D eigenvalue weighted by atomic mass is 35.5. The fraction of sp³-hybridized carbons (Fsp3) is 0.0556. The summed E-state index contributed by atoms with van der Waals surface area (Å²) in [5, 5.41) is 6.95. The fourth-order valence-corrected chi connectivity index (χ4v) is 4.15. The molecule has 0 fully saturated rings. The van der Waals surface area contributed by atoms with Crippen LogP contribution >= 0.6 is 11.6 Å². The second-order valence-electron chi connectivity index (χ2n) is 5.64. The Bertz CT molecular complexity index is 1220. The normalized spacial score (nSPS) is 11.8. The molecule has 0 aliphatic heterocycles. The van der Waals surface area contributed by atoms with Gasteiger partial charge in [-0.25, -0.2) is 0 Å². The molecule has 0 unspecified atom stereocenters. The minimum absolute atomic E-state index is 0.156. The number of hydrogen-bond acceptors (Lipinski definition) is 4. The number of hydrogen-bond donors (Lipinski definition) is 1. The zero-order valence-electron chi connectivity index (χ0n) is 13.7. The quantitative estimate of drug-likeness (QED) is 0.578. The number of methoxy groups -OCH3 is 1. The van der Waals surface area contributed by atoms with Gasteiger partial charge >= 0.3 is 0 Å². The van der Waals surface area contributed by atoms with Gasteiger partial charge in [-0.05, 0) is 24.3 Å². The van der Waals surface area contributed by atoms with E-state index in [4.69, 9.17) is 16.3 Å². The number of halogens is 1. The predicted octanol–water partition coefficient (Wildman–Crippen LogP) is 3.78. The third-order valence-corrected chi connectivity index (χ3v) is 5.80. The maximum Gasteiger partial charge on any atom is 0.276 e. The van der Waals surface area contributed by atoms with Crippen LogP contribution in [0.2, 0.25) is 5.02 Å². The molecular formula is C18H14ClN3O3S. The van der Waals surface area contributed by atoms with Gasteiger partial charge in [-0.1, -0.05) is 41.9 Å². The van der Waals surface area contributed by atoms with Crippen LogP contribution in [0.5, 0.6) is 5.75 Å². The smallest absolute Gasteiger partial charge is 0.276 e. The number of nitrogens with one attached hydrogen (secondary N) is 1. The third-order valence-electron chi connectivity index (χ3n) is 4.11. The molecule has 0 radical (unpaired) electrons. The summed E-state index contributed by atoms with van der Waals surface area (Å²) in [6.45, 7) is 0. The van der Waals surface area contributed by atoms with Crippen LogP contribution in [0.4, 0.5) is 0 Å². The maximum atomic E-state index is 12.6. The molecule has 4 rings (SSSR count). The Morgan fingerprint density at radius 2 is 1.77 bits per heavy atom. The zero-order chi connectivity index (χ0) is 18.3. The van der Waals surface area contributed by atoms with Crippen molar-refractivity contribution in [2.24, 2.45) is 0 Å². The van der Waals surface area contributed by atoms with E-state index in [1.165, 1.54) is 16.9 Å². The van der Waals surface area contributed by atoms with Crippen molar-refractivity contribution in [3.05, 3.63) is 65.8 Å². The van der Waals surface area contributed by atoms with Gasteiger partial charge in [-0.3, -0.25) is 0 Å². The fourth-order valence-electron chi connectivity index (χ4n) is 2.86. The van der Waals surface area contributed by atoms with Gasteiger partial charge in [-0.15, -0.1) is 0 Å².